The zero-order valence-corrected chi connectivity index (χ0v) is 14.6. The Bertz CT molecular complexity index is 1060. The maximum absolute atomic E-state index is 6.11. The Morgan fingerprint density at radius 2 is 1.88 bits per heavy atom. The van der Waals surface area contributed by atoms with Gasteiger partial charge in [-0.25, -0.2) is 9.97 Å². The molecule has 6 heteroatoms. The predicted molar refractivity (Wildman–Crippen MR) is 98.6 cm³/mol. The highest BCUT2D eigenvalue weighted by Crippen LogP contribution is 2.36. The summed E-state index contributed by atoms with van der Waals surface area (Å²) in [6.45, 7) is 6.16. The zero-order chi connectivity index (χ0) is 16.8. The molecule has 24 heavy (non-hydrogen) atoms. The molecule has 0 unspecified atom stereocenters. The van der Waals surface area contributed by atoms with Gasteiger partial charge in [0.25, 0.3) is 0 Å². The van der Waals surface area contributed by atoms with E-state index in [-0.39, 0.29) is 0 Å². The molecule has 0 bridgehead atoms. The molecule has 0 aliphatic heterocycles. The van der Waals surface area contributed by atoms with Crippen molar-refractivity contribution in [2.24, 2.45) is 0 Å². The van der Waals surface area contributed by atoms with Crippen LogP contribution in [-0.4, -0.2) is 19.7 Å². The van der Waals surface area contributed by atoms with Gasteiger partial charge in [0.1, 0.15) is 17.0 Å². The fourth-order valence-corrected chi connectivity index (χ4v) is 3.74. The monoisotopic (exact) mass is 335 g/mol. The molecule has 0 aliphatic rings. The van der Waals surface area contributed by atoms with Crippen LogP contribution in [0.25, 0.3) is 27.2 Å². The molecular formula is C18H17N5S. The van der Waals surface area contributed by atoms with Crippen LogP contribution >= 0.6 is 11.3 Å². The molecule has 3 heterocycles. The standard InChI is InChI=1S/C18H17N5S/c1-10-4-5-13(6-11(10)2)14-8-24-18-16(14)17(20-9-21-18)23-15(19)7-12(3)22-23/h4-9H,19H2,1-3H3. The molecule has 4 aromatic rings. The largest absolute Gasteiger partial charge is 0.384 e. The first-order chi connectivity index (χ1) is 11.5. The lowest BCUT2D eigenvalue weighted by Crippen LogP contribution is -2.05. The Morgan fingerprint density at radius 1 is 1.04 bits per heavy atom. The number of hydrogen-bond acceptors (Lipinski definition) is 5. The molecule has 0 spiro atoms. The van der Waals surface area contributed by atoms with Crippen molar-refractivity contribution in [2.45, 2.75) is 20.8 Å². The van der Waals surface area contributed by atoms with E-state index in [1.165, 1.54) is 11.1 Å². The number of thiophene rings is 1. The first-order valence-corrected chi connectivity index (χ1v) is 8.55. The SMILES string of the molecule is Cc1cc(N)n(-c2ncnc3scc(-c4ccc(C)c(C)c4)c23)n1. The number of aromatic nitrogens is 4. The lowest BCUT2D eigenvalue weighted by molar-refractivity contribution is 0.846. The van der Waals surface area contributed by atoms with Crippen LogP contribution in [0.2, 0.25) is 0 Å². The highest BCUT2D eigenvalue weighted by Gasteiger charge is 2.17. The lowest BCUT2D eigenvalue weighted by Gasteiger charge is -2.08. The summed E-state index contributed by atoms with van der Waals surface area (Å²) in [5.74, 6) is 1.30. The maximum atomic E-state index is 6.11. The van der Waals surface area contributed by atoms with Gasteiger partial charge >= 0.3 is 0 Å². The molecule has 0 saturated carbocycles. The zero-order valence-electron chi connectivity index (χ0n) is 13.7. The topological polar surface area (TPSA) is 69.6 Å². The van der Waals surface area contributed by atoms with Crippen LogP contribution in [0.3, 0.4) is 0 Å². The fraction of sp³-hybridized carbons (Fsp3) is 0.167. The van der Waals surface area contributed by atoms with Gasteiger partial charge in [-0.3, -0.25) is 0 Å². The number of fused-ring (bicyclic) bond motifs is 1. The van der Waals surface area contributed by atoms with Crippen LogP contribution in [0.1, 0.15) is 16.8 Å². The van der Waals surface area contributed by atoms with Gasteiger partial charge in [-0.05, 0) is 37.5 Å². The summed E-state index contributed by atoms with van der Waals surface area (Å²) in [5.41, 5.74) is 11.8. The summed E-state index contributed by atoms with van der Waals surface area (Å²) in [4.78, 5) is 9.81. The molecular weight excluding hydrogens is 318 g/mol. The summed E-state index contributed by atoms with van der Waals surface area (Å²) < 4.78 is 1.69. The highest BCUT2D eigenvalue weighted by molar-refractivity contribution is 7.17. The van der Waals surface area contributed by atoms with E-state index in [1.54, 1.807) is 22.3 Å². The average Bonchev–Trinajstić information content (AvgIpc) is 3.13. The molecule has 4 rings (SSSR count). The summed E-state index contributed by atoms with van der Waals surface area (Å²) in [6.07, 6.45) is 1.56. The second-order valence-electron chi connectivity index (χ2n) is 5.95. The molecule has 3 aromatic heterocycles. The van der Waals surface area contributed by atoms with Crippen molar-refractivity contribution in [1.82, 2.24) is 19.7 Å². The van der Waals surface area contributed by atoms with Crippen LogP contribution in [0.5, 0.6) is 0 Å². The van der Waals surface area contributed by atoms with Crippen molar-refractivity contribution in [3.8, 4) is 16.9 Å². The minimum Gasteiger partial charge on any atom is -0.384 e. The first kappa shape index (κ1) is 14.8. The fourth-order valence-electron chi connectivity index (χ4n) is 2.83. The van der Waals surface area contributed by atoms with E-state index in [0.717, 1.165) is 32.9 Å². The van der Waals surface area contributed by atoms with E-state index < -0.39 is 0 Å². The van der Waals surface area contributed by atoms with Crippen LogP contribution in [-0.2, 0) is 0 Å². The molecule has 0 fully saturated rings. The number of aryl methyl sites for hydroxylation is 3. The molecule has 2 N–H and O–H groups in total. The van der Waals surface area contributed by atoms with Crippen LogP contribution in [0.15, 0.2) is 36.0 Å². The lowest BCUT2D eigenvalue weighted by atomic mass is 10.0. The van der Waals surface area contributed by atoms with Crippen molar-refractivity contribution < 1.29 is 0 Å². The minimum atomic E-state index is 0.574. The normalized spacial score (nSPS) is 11.3. The van der Waals surface area contributed by atoms with Gasteiger partial charge in [-0.2, -0.15) is 9.78 Å². The first-order valence-electron chi connectivity index (χ1n) is 7.67. The summed E-state index contributed by atoms with van der Waals surface area (Å²) in [5, 5.41) is 7.59. The molecule has 0 radical (unpaired) electrons. The van der Waals surface area contributed by atoms with Crippen molar-refractivity contribution in [3.63, 3.8) is 0 Å². The van der Waals surface area contributed by atoms with E-state index in [1.807, 2.05) is 13.0 Å². The van der Waals surface area contributed by atoms with Crippen molar-refractivity contribution in [2.75, 3.05) is 5.73 Å². The van der Waals surface area contributed by atoms with Gasteiger partial charge in [0.2, 0.25) is 0 Å². The van der Waals surface area contributed by atoms with Crippen LogP contribution in [0, 0.1) is 20.8 Å². The van der Waals surface area contributed by atoms with Gasteiger partial charge in [-0.15, -0.1) is 11.3 Å². The molecule has 120 valence electrons. The number of benzene rings is 1. The second kappa shape index (κ2) is 5.42. The maximum Gasteiger partial charge on any atom is 0.168 e. The second-order valence-corrected chi connectivity index (χ2v) is 6.81. The van der Waals surface area contributed by atoms with E-state index in [2.05, 4.69) is 52.5 Å². The molecule has 1 aromatic carbocycles. The van der Waals surface area contributed by atoms with E-state index >= 15 is 0 Å². The Labute approximate surface area is 143 Å². The number of nitrogens with zero attached hydrogens (tertiary/aromatic N) is 4. The Kier molecular flexibility index (Phi) is 3.35. The number of nitrogen functional groups attached to an aromatic ring is 1. The number of rotatable bonds is 2. The summed E-state index contributed by atoms with van der Waals surface area (Å²) in [6, 6.07) is 8.32. The third kappa shape index (κ3) is 2.27. The summed E-state index contributed by atoms with van der Waals surface area (Å²) in [7, 11) is 0. The summed E-state index contributed by atoms with van der Waals surface area (Å²) >= 11 is 1.61. The molecule has 5 nitrogen and oxygen atoms in total. The Hall–Kier alpha value is -2.73. The molecule has 0 aliphatic carbocycles. The smallest absolute Gasteiger partial charge is 0.168 e. The Morgan fingerprint density at radius 3 is 2.58 bits per heavy atom. The molecule has 0 saturated heterocycles. The third-order valence-electron chi connectivity index (χ3n) is 4.23. The third-order valence-corrected chi connectivity index (χ3v) is 5.11. The number of anilines is 1. The minimum absolute atomic E-state index is 0.574. The van der Waals surface area contributed by atoms with Gasteiger partial charge < -0.3 is 5.73 Å². The van der Waals surface area contributed by atoms with Gasteiger partial charge in [0, 0.05) is 17.0 Å². The number of hydrogen-bond donors (Lipinski definition) is 1. The van der Waals surface area contributed by atoms with Gasteiger partial charge in [0.15, 0.2) is 5.82 Å². The van der Waals surface area contributed by atoms with Crippen LogP contribution < -0.4 is 5.73 Å². The van der Waals surface area contributed by atoms with Gasteiger partial charge in [0.05, 0.1) is 11.1 Å². The molecule has 0 atom stereocenters. The van der Waals surface area contributed by atoms with Crippen molar-refractivity contribution in [3.05, 3.63) is 52.8 Å². The van der Waals surface area contributed by atoms with Crippen molar-refractivity contribution in [1.29, 1.82) is 0 Å². The highest BCUT2D eigenvalue weighted by atomic mass is 32.1. The van der Waals surface area contributed by atoms with E-state index in [9.17, 15) is 0 Å². The predicted octanol–water partition coefficient (Wildman–Crippen LogP) is 4.05. The average molecular weight is 335 g/mol. The van der Waals surface area contributed by atoms with Gasteiger partial charge in [-0.1, -0.05) is 18.2 Å². The van der Waals surface area contributed by atoms with E-state index in [4.69, 9.17) is 5.73 Å². The van der Waals surface area contributed by atoms with Crippen LogP contribution in [0.4, 0.5) is 5.82 Å². The Balaban J connectivity index is 2.01. The number of nitrogens with two attached hydrogens (primary N) is 1. The van der Waals surface area contributed by atoms with Crippen molar-refractivity contribution >= 4 is 27.4 Å². The molecule has 0 amide bonds. The van der Waals surface area contributed by atoms with E-state index in [0.29, 0.717) is 5.82 Å². The quantitative estimate of drug-likeness (QED) is 0.600.